The first kappa shape index (κ1) is 15.5. The molecular formula is C13H17NO4S. The first-order valence-electron chi connectivity index (χ1n) is 5.96. The number of carbonyl (C=O) groups is 2. The number of hydrogen-bond acceptors (Lipinski definition) is 4. The molecular weight excluding hydrogens is 266 g/mol. The molecule has 2 N–H and O–H groups in total. The zero-order valence-electron chi connectivity index (χ0n) is 10.6. The SMILES string of the molecule is CC(c1ccncc1)C(S)C(CCC(=O)O)C(=O)O. The summed E-state index contributed by atoms with van der Waals surface area (Å²) in [5.74, 6) is -2.89. The van der Waals surface area contributed by atoms with Gasteiger partial charge in [0.25, 0.3) is 0 Å². The lowest BCUT2D eigenvalue weighted by Gasteiger charge is -2.25. The Morgan fingerprint density at radius 3 is 2.37 bits per heavy atom. The van der Waals surface area contributed by atoms with E-state index in [1.54, 1.807) is 12.4 Å². The smallest absolute Gasteiger partial charge is 0.307 e. The fraction of sp³-hybridized carbons (Fsp3) is 0.462. The summed E-state index contributed by atoms with van der Waals surface area (Å²) < 4.78 is 0. The molecule has 0 spiro atoms. The molecule has 0 aliphatic rings. The molecule has 6 heteroatoms. The maximum absolute atomic E-state index is 11.2. The van der Waals surface area contributed by atoms with Crippen LogP contribution in [0.4, 0.5) is 0 Å². The molecule has 3 unspecified atom stereocenters. The highest BCUT2D eigenvalue weighted by Crippen LogP contribution is 2.30. The minimum atomic E-state index is -1.01. The van der Waals surface area contributed by atoms with Crippen LogP contribution in [0.2, 0.25) is 0 Å². The number of carboxylic acids is 2. The van der Waals surface area contributed by atoms with Crippen molar-refractivity contribution in [3.8, 4) is 0 Å². The van der Waals surface area contributed by atoms with Crippen LogP contribution in [-0.4, -0.2) is 32.4 Å². The Morgan fingerprint density at radius 1 is 1.32 bits per heavy atom. The van der Waals surface area contributed by atoms with Gasteiger partial charge in [-0.3, -0.25) is 14.6 Å². The van der Waals surface area contributed by atoms with Crippen molar-refractivity contribution in [1.82, 2.24) is 4.98 Å². The molecule has 5 nitrogen and oxygen atoms in total. The van der Waals surface area contributed by atoms with Crippen molar-refractivity contribution in [2.24, 2.45) is 5.92 Å². The average Bonchev–Trinajstić information content (AvgIpc) is 2.38. The van der Waals surface area contributed by atoms with Crippen LogP contribution in [0.1, 0.15) is 31.2 Å². The fourth-order valence-electron chi connectivity index (χ4n) is 1.93. The standard InChI is InChI=1S/C13H17NO4S/c1-8(9-4-6-14-7-5-9)12(19)10(13(17)18)2-3-11(15)16/h4-8,10,12,19H,2-3H2,1H3,(H,15,16)(H,17,18). The number of pyridine rings is 1. The second-order valence-electron chi connectivity index (χ2n) is 4.44. The van der Waals surface area contributed by atoms with Crippen molar-refractivity contribution < 1.29 is 19.8 Å². The van der Waals surface area contributed by atoms with Gasteiger partial charge in [-0.25, -0.2) is 0 Å². The highest BCUT2D eigenvalue weighted by molar-refractivity contribution is 7.81. The van der Waals surface area contributed by atoms with Gasteiger partial charge in [-0.15, -0.1) is 0 Å². The quantitative estimate of drug-likeness (QED) is 0.667. The van der Waals surface area contributed by atoms with E-state index < -0.39 is 23.1 Å². The van der Waals surface area contributed by atoms with E-state index in [1.165, 1.54) is 0 Å². The predicted molar refractivity (Wildman–Crippen MR) is 73.4 cm³/mol. The van der Waals surface area contributed by atoms with Gasteiger partial charge < -0.3 is 10.2 Å². The van der Waals surface area contributed by atoms with Crippen molar-refractivity contribution in [2.75, 3.05) is 0 Å². The van der Waals surface area contributed by atoms with Crippen LogP contribution in [0, 0.1) is 5.92 Å². The molecule has 19 heavy (non-hydrogen) atoms. The first-order chi connectivity index (χ1) is 8.93. The molecule has 104 valence electrons. The number of thiol groups is 1. The van der Waals surface area contributed by atoms with Gasteiger partial charge in [0.15, 0.2) is 0 Å². The molecule has 0 aromatic carbocycles. The number of hydrogen-bond donors (Lipinski definition) is 3. The fourth-order valence-corrected chi connectivity index (χ4v) is 2.38. The summed E-state index contributed by atoms with van der Waals surface area (Å²) in [4.78, 5) is 25.7. The normalized spacial score (nSPS) is 15.5. The highest BCUT2D eigenvalue weighted by atomic mass is 32.1. The second-order valence-corrected chi connectivity index (χ2v) is 5.03. The molecule has 0 aliphatic heterocycles. The molecule has 0 fully saturated rings. The van der Waals surface area contributed by atoms with Crippen molar-refractivity contribution in [3.63, 3.8) is 0 Å². The molecule has 0 bridgehead atoms. The maximum Gasteiger partial charge on any atom is 0.307 e. The van der Waals surface area contributed by atoms with E-state index in [-0.39, 0.29) is 18.8 Å². The molecule has 1 heterocycles. The average molecular weight is 283 g/mol. The first-order valence-corrected chi connectivity index (χ1v) is 6.47. The third-order valence-electron chi connectivity index (χ3n) is 3.14. The van der Waals surface area contributed by atoms with Gasteiger partial charge in [0.05, 0.1) is 5.92 Å². The van der Waals surface area contributed by atoms with Crippen LogP contribution in [0.3, 0.4) is 0 Å². The molecule has 1 rings (SSSR count). The van der Waals surface area contributed by atoms with Crippen molar-refractivity contribution >= 4 is 24.6 Å². The largest absolute Gasteiger partial charge is 0.481 e. The molecule has 1 aromatic heterocycles. The maximum atomic E-state index is 11.2. The lowest BCUT2D eigenvalue weighted by Crippen LogP contribution is -2.29. The summed E-state index contributed by atoms with van der Waals surface area (Å²) in [6.07, 6.45) is 3.18. The third kappa shape index (κ3) is 4.55. The van der Waals surface area contributed by atoms with E-state index in [0.29, 0.717) is 0 Å². The van der Waals surface area contributed by atoms with Gasteiger partial charge in [-0.05, 0) is 30.0 Å². The number of rotatable bonds is 7. The van der Waals surface area contributed by atoms with E-state index in [4.69, 9.17) is 5.11 Å². The summed E-state index contributed by atoms with van der Waals surface area (Å²) in [6, 6.07) is 3.62. The van der Waals surface area contributed by atoms with Crippen molar-refractivity contribution in [1.29, 1.82) is 0 Å². The minimum Gasteiger partial charge on any atom is -0.481 e. The monoisotopic (exact) mass is 283 g/mol. The van der Waals surface area contributed by atoms with E-state index >= 15 is 0 Å². The Labute approximate surface area is 117 Å². The molecule has 3 atom stereocenters. The Hall–Kier alpha value is -1.56. The molecule has 0 amide bonds. The van der Waals surface area contributed by atoms with Crippen LogP contribution in [0.15, 0.2) is 24.5 Å². The van der Waals surface area contributed by atoms with Gasteiger partial charge in [0.1, 0.15) is 0 Å². The van der Waals surface area contributed by atoms with E-state index in [2.05, 4.69) is 17.6 Å². The topological polar surface area (TPSA) is 87.5 Å². The lowest BCUT2D eigenvalue weighted by atomic mass is 9.87. The number of aromatic nitrogens is 1. The summed E-state index contributed by atoms with van der Waals surface area (Å²) in [5, 5.41) is 17.4. The van der Waals surface area contributed by atoms with Crippen LogP contribution >= 0.6 is 12.6 Å². The second kappa shape index (κ2) is 7.13. The molecule has 1 aromatic rings. The summed E-state index contributed by atoms with van der Waals surface area (Å²) in [7, 11) is 0. The minimum absolute atomic E-state index is 0.0776. The van der Waals surface area contributed by atoms with E-state index in [1.807, 2.05) is 19.1 Å². The van der Waals surface area contributed by atoms with Crippen LogP contribution in [-0.2, 0) is 9.59 Å². The van der Waals surface area contributed by atoms with Gasteiger partial charge in [0, 0.05) is 24.1 Å². The zero-order chi connectivity index (χ0) is 14.4. The van der Waals surface area contributed by atoms with E-state index in [0.717, 1.165) is 5.56 Å². The van der Waals surface area contributed by atoms with Gasteiger partial charge in [0.2, 0.25) is 0 Å². The summed E-state index contributed by atoms with van der Waals surface area (Å²) in [5.41, 5.74) is 0.941. The van der Waals surface area contributed by atoms with Crippen molar-refractivity contribution in [2.45, 2.75) is 30.9 Å². The molecule has 0 saturated carbocycles. The molecule has 0 aliphatic carbocycles. The van der Waals surface area contributed by atoms with E-state index in [9.17, 15) is 14.7 Å². The number of aliphatic carboxylic acids is 2. The molecule has 0 saturated heterocycles. The van der Waals surface area contributed by atoms with Crippen LogP contribution in [0.25, 0.3) is 0 Å². The summed E-state index contributed by atoms with van der Waals surface area (Å²) in [6.45, 7) is 1.88. The predicted octanol–water partition coefficient (Wildman–Crippen LogP) is 2.05. The number of carboxylic acid groups (broad SMARTS) is 2. The Morgan fingerprint density at radius 2 is 1.89 bits per heavy atom. The van der Waals surface area contributed by atoms with Gasteiger partial charge in [-0.2, -0.15) is 12.6 Å². The Kier molecular flexibility index (Phi) is 5.82. The van der Waals surface area contributed by atoms with Crippen LogP contribution in [0.5, 0.6) is 0 Å². The van der Waals surface area contributed by atoms with Gasteiger partial charge in [-0.1, -0.05) is 6.92 Å². The lowest BCUT2D eigenvalue weighted by molar-refractivity contribution is -0.143. The molecule has 0 radical (unpaired) electrons. The highest BCUT2D eigenvalue weighted by Gasteiger charge is 2.30. The van der Waals surface area contributed by atoms with Crippen LogP contribution < -0.4 is 0 Å². The van der Waals surface area contributed by atoms with Gasteiger partial charge >= 0.3 is 11.9 Å². The Balaban J connectivity index is 2.78. The third-order valence-corrected chi connectivity index (χ3v) is 3.95. The zero-order valence-corrected chi connectivity index (χ0v) is 11.5. The Bertz CT molecular complexity index is 438. The number of nitrogens with zero attached hydrogens (tertiary/aromatic N) is 1. The van der Waals surface area contributed by atoms with Crippen molar-refractivity contribution in [3.05, 3.63) is 30.1 Å². The summed E-state index contributed by atoms with van der Waals surface area (Å²) >= 11 is 4.38.